The lowest BCUT2D eigenvalue weighted by Crippen LogP contribution is -2.44. The normalized spacial score (nSPS) is 14.1. The molecule has 0 radical (unpaired) electrons. The third kappa shape index (κ3) is 5.35. The maximum absolute atomic E-state index is 12.9. The zero-order chi connectivity index (χ0) is 17.4. The Balaban J connectivity index is 2.00. The molecule has 4 nitrogen and oxygen atoms in total. The predicted molar refractivity (Wildman–Crippen MR) is 95.2 cm³/mol. The van der Waals surface area contributed by atoms with Crippen LogP contribution in [-0.4, -0.2) is 24.2 Å². The molecule has 0 spiro atoms. The number of hydrogen-bond donors (Lipinski definition) is 3. The molecule has 128 valence electrons. The number of halogens is 1. The highest BCUT2D eigenvalue weighted by Gasteiger charge is 2.22. The van der Waals surface area contributed by atoms with E-state index in [1.54, 1.807) is 19.1 Å². The van der Waals surface area contributed by atoms with E-state index < -0.39 is 5.60 Å². The van der Waals surface area contributed by atoms with E-state index in [0.29, 0.717) is 25.6 Å². The van der Waals surface area contributed by atoms with Crippen molar-refractivity contribution < 1.29 is 9.50 Å². The van der Waals surface area contributed by atoms with Crippen LogP contribution in [0.25, 0.3) is 0 Å². The number of guanidine groups is 1. The van der Waals surface area contributed by atoms with Crippen molar-refractivity contribution >= 4 is 5.96 Å². The van der Waals surface area contributed by atoms with Gasteiger partial charge in [-0.15, -0.1) is 0 Å². The quantitative estimate of drug-likeness (QED) is 0.564. The standard InChI is InChI=1S/C19H24FN3O/c1-3-21-18(22-13-15-9-11-17(20)12-10-15)23-14-19(2,24)16-7-5-4-6-8-16/h4-12,24H,3,13-14H2,1-2H3,(H2,21,22,23). The minimum Gasteiger partial charge on any atom is -0.384 e. The Morgan fingerprint density at radius 3 is 2.38 bits per heavy atom. The molecule has 5 heteroatoms. The SMILES string of the molecule is CCNC(=NCc1ccc(F)cc1)NCC(C)(O)c1ccccc1. The fourth-order valence-corrected chi connectivity index (χ4v) is 2.26. The molecule has 0 saturated carbocycles. The number of hydrogen-bond acceptors (Lipinski definition) is 2. The van der Waals surface area contributed by atoms with E-state index in [2.05, 4.69) is 15.6 Å². The van der Waals surface area contributed by atoms with Crippen LogP contribution in [-0.2, 0) is 12.1 Å². The van der Waals surface area contributed by atoms with Crippen LogP contribution in [0.4, 0.5) is 4.39 Å². The second-order valence-corrected chi connectivity index (χ2v) is 5.82. The van der Waals surface area contributed by atoms with Crippen LogP contribution in [0.5, 0.6) is 0 Å². The van der Waals surface area contributed by atoms with Crippen molar-refractivity contribution in [3.63, 3.8) is 0 Å². The third-order valence-electron chi connectivity index (χ3n) is 3.67. The summed E-state index contributed by atoms with van der Waals surface area (Å²) in [5.41, 5.74) is 0.753. The molecule has 3 N–H and O–H groups in total. The maximum Gasteiger partial charge on any atom is 0.191 e. The highest BCUT2D eigenvalue weighted by molar-refractivity contribution is 5.79. The van der Waals surface area contributed by atoms with E-state index in [1.807, 2.05) is 37.3 Å². The summed E-state index contributed by atoms with van der Waals surface area (Å²) in [6.07, 6.45) is 0. The Hall–Kier alpha value is -2.40. The molecule has 0 saturated heterocycles. The van der Waals surface area contributed by atoms with E-state index in [-0.39, 0.29) is 5.82 Å². The fourth-order valence-electron chi connectivity index (χ4n) is 2.26. The highest BCUT2D eigenvalue weighted by Crippen LogP contribution is 2.18. The summed E-state index contributed by atoms with van der Waals surface area (Å²) >= 11 is 0. The van der Waals surface area contributed by atoms with Crippen molar-refractivity contribution in [1.29, 1.82) is 0 Å². The second-order valence-electron chi connectivity index (χ2n) is 5.82. The molecule has 2 aromatic rings. The van der Waals surface area contributed by atoms with E-state index in [4.69, 9.17) is 0 Å². The molecule has 24 heavy (non-hydrogen) atoms. The zero-order valence-corrected chi connectivity index (χ0v) is 14.1. The van der Waals surface area contributed by atoms with Gasteiger partial charge in [0, 0.05) is 6.54 Å². The zero-order valence-electron chi connectivity index (χ0n) is 14.1. The summed E-state index contributed by atoms with van der Waals surface area (Å²) < 4.78 is 12.9. The summed E-state index contributed by atoms with van der Waals surface area (Å²) in [5.74, 6) is 0.352. The molecule has 2 aromatic carbocycles. The second kappa shape index (κ2) is 8.45. The van der Waals surface area contributed by atoms with Crippen LogP contribution in [0, 0.1) is 5.82 Å². The summed E-state index contributed by atoms with van der Waals surface area (Å²) in [6, 6.07) is 15.8. The summed E-state index contributed by atoms with van der Waals surface area (Å²) in [5, 5.41) is 16.9. The van der Waals surface area contributed by atoms with Crippen molar-refractivity contribution in [2.24, 2.45) is 4.99 Å². The van der Waals surface area contributed by atoms with Gasteiger partial charge in [0.1, 0.15) is 11.4 Å². The first-order valence-electron chi connectivity index (χ1n) is 8.06. The van der Waals surface area contributed by atoms with Gasteiger partial charge in [-0.3, -0.25) is 0 Å². The third-order valence-corrected chi connectivity index (χ3v) is 3.67. The summed E-state index contributed by atoms with van der Waals surface area (Å²) in [6.45, 7) is 5.21. The van der Waals surface area contributed by atoms with E-state index in [1.165, 1.54) is 12.1 Å². The number of benzene rings is 2. The Morgan fingerprint density at radius 2 is 1.75 bits per heavy atom. The average Bonchev–Trinajstić information content (AvgIpc) is 2.59. The topological polar surface area (TPSA) is 56.7 Å². The van der Waals surface area contributed by atoms with Crippen molar-refractivity contribution in [2.75, 3.05) is 13.1 Å². The molecule has 0 amide bonds. The largest absolute Gasteiger partial charge is 0.384 e. The Morgan fingerprint density at radius 1 is 1.08 bits per heavy atom. The molecule has 1 unspecified atom stereocenters. The van der Waals surface area contributed by atoms with Gasteiger partial charge in [-0.2, -0.15) is 0 Å². The number of nitrogens with one attached hydrogen (secondary N) is 2. The molecular weight excluding hydrogens is 305 g/mol. The van der Waals surface area contributed by atoms with Gasteiger partial charge in [0.25, 0.3) is 0 Å². The monoisotopic (exact) mass is 329 g/mol. The molecule has 0 heterocycles. The summed E-state index contributed by atoms with van der Waals surface area (Å²) in [7, 11) is 0. The molecular formula is C19H24FN3O. The average molecular weight is 329 g/mol. The fraction of sp³-hybridized carbons (Fsp3) is 0.316. The molecule has 0 aromatic heterocycles. The van der Waals surface area contributed by atoms with Crippen LogP contribution in [0.15, 0.2) is 59.6 Å². The van der Waals surface area contributed by atoms with Crippen LogP contribution in [0.3, 0.4) is 0 Å². The molecule has 1 atom stereocenters. The number of rotatable bonds is 6. The van der Waals surface area contributed by atoms with Crippen LogP contribution in [0.1, 0.15) is 25.0 Å². The first-order chi connectivity index (χ1) is 11.5. The van der Waals surface area contributed by atoms with E-state index >= 15 is 0 Å². The van der Waals surface area contributed by atoms with E-state index in [9.17, 15) is 9.50 Å². The van der Waals surface area contributed by atoms with Crippen molar-refractivity contribution in [1.82, 2.24) is 10.6 Å². The lowest BCUT2D eigenvalue weighted by atomic mass is 9.96. The Bertz CT molecular complexity index is 654. The molecule has 0 aliphatic rings. The molecule has 0 bridgehead atoms. The Labute approximate surface area is 142 Å². The lowest BCUT2D eigenvalue weighted by Gasteiger charge is -2.25. The van der Waals surface area contributed by atoms with Gasteiger partial charge in [-0.05, 0) is 37.1 Å². The van der Waals surface area contributed by atoms with Gasteiger partial charge in [0.2, 0.25) is 0 Å². The molecule has 0 fully saturated rings. The predicted octanol–water partition coefficient (Wildman–Crippen LogP) is 2.79. The van der Waals surface area contributed by atoms with E-state index in [0.717, 1.165) is 11.1 Å². The lowest BCUT2D eigenvalue weighted by molar-refractivity contribution is 0.0617. The van der Waals surface area contributed by atoms with Gasteiger partial charge >= 0.3 is 0 Å². The van der Waals surface area contributed by atoms with Crippen LogP contribution in [0.2, 0.25) is 0 Å². The van der Waals surface area contributed by atoms with Crippen LogP contribution < -0.4 is 10.6 Å². The number of nitrogens with zero attached hydrogens (tertiary/aromatic N) is 1. The summed E-state index contributed by atoms with van der Waals surface area (Å²) in [4.78, 5) is 4.47. The maximum atomic E-state index is 12.9. The van der Waals surface area contributed by atoms with Gasteiger partial charge in [0.05, 0.1) is 13.1 Å². The van der Waals surface area contributed by atoms with Gasteiger partial charge < -0.3 is 15.7 Å². The van der Waals surface area contributed by atoms with Crippen molar-refractivity contribution in [2.45, 2.75) is 26.0 Å². The molecule has 2 rings (SSSR count). The highest BCUT2D eigenvalue weighted by atomic mass is 19.1. The first kappa shape index (κ1) is 17.9. The number of aliphatic imine (C=N–C) groups is 1. The minimum atomic E-state index is -1.01. The molecule has 0 aliphatic carbocycles. The smallest absolute Gasteiger partial charge is 0.191 e. The van der Waals surface area contributed by atoms with Gasteiger partial charge in [-0.1, -0.05) is 42.5 Å². The minimum absolute atomic E-state index is 0.258. The Kier molecular flexibility index (Phi) is 6.32. The van der Waals surface area contributed by atoms with Gasteiger partial charge in [-0.25, -0.2) is 9.38 Å². The number of aliphatic hydroxyl groups is 1. The van der Waals surface area contributed by atoms with Crippen molar-refractivity contribution in [3.05, 3.63) is 71.5 Å². The first-order valence-corrected chi connectivity index (χ1v) is 8.06. The van der Waals surface area contributed by atoms with Crippen LogP contribution >= 0.6 is 0 Å². The van der Waals surface area contributed by atoms with Gasteiger partial charge in [0.15, 0.2) is 5.96 Å². The molecule has 0 aliphatic heterocycles. The van der Waals surface area contributed by atoms with Crippen molar-refractivity contribution in [3.8, 4) is 0 Å².